The quantitative estimate of drug-likeness (QED) is 0.736. The molecule has 1 fully saturated rings. The lowest BCUT2D eigenvalue weighted by Gasteiger charge is -2.17. The first-order valence-corrected chi connectivity index (χ1v) is 5.15. The van der Waals surface area contributed by atoms with Crippen molar-refractivity contribution in [1.82, 2.24) is 9.97 Å². The molecule has 2 rings (SSSR count). The summed E-state index contributed by atoms with van der Waals surface area (Å²) in [7, 11) is 1.80. The Balaban J connectivity index is 2.24. The van der Waals surface area contributed by atoms with Crippen LogP contribution in [0, 0.1) is 6.92 Å². The number of hydrogen-bond donors (Lipinski definition) is 2. The number of nitrogens with zero attached hydrogens (tertiary/aromatic N) is 3. The molecule has 1 saturated heterocycles. The third-order valence-electron chi connectivity index (χ3n) is 2.55. The van der Waals surface area contributed by atoms with Gasteiger partial charge in [0.05, 0.1) is 6.10 Å². The highest BCUT2D eigenvalue weighted by atomic mass is 16.3. The molecule has 0 saturated carbocycles. The summed E-state index contributed by atoms with van der Waals surface area (Å²) < 4.78 is 0. The molecule has 2 N–H and O–H groups in total. The zero-order valence-corrected chi connectivity index (χ0v) is 9.06. The fourth-order valence-corrected chi connectivity index (χ4v) is 1.78. The van der Waals surface area contributed by atoms with Gasteiger partial charge in [-0.15, -0.1) is 0 Å². The summed E-state index contributed by atoms with van der Waals surface area (Å²) in [6.07, 6.45) is 0.594. The van der Waals surface area contributed by atoms with Crippen molar-refractivity contribution in [3.05, 3.63) is 11.8 Å². The Bertz CT molecular complexity index is 355. The van der Waals surface area contributed by atoms with Gasteiger partial charge in [-0.25, -0.2) is 4.98 Å². The summed E-state index contributed by atoms with van der Waals surface area (Å²) in [5, 5.41) is 12.4. The predicted molar refractivity (Wildman–Crippen MR) is 59.2 cm³/mol. The maximum Gasteiger partial charge on any atom is 0.224 e. The molecule has 1 aromatic rings. The second-order valence-corrected chi connectivity index (χ2v) is 3.83. The van der Waals surface area contributed by atoms with Crippen LogP contribution in [-0.4, -0.2) is 41.3 Å². The van der Waals surface area contributed by atoms with Crippen LogP contribution in [0.25, 0.3) is 0 Å². The number of aliphatic hydroxyl groups is 1. The van der Waals surface area contributed by atoms with Crippen LogP contribution >= 0.6 is 0 Å². The number of nitrogens with one attached hydrogen (secondary N) is 1. The maximum atomic E-state index is 9.46. The van der Waals surface area contributed by atoms with Gasteiger partial charge in [-0.1, -0.05) is 0 Å². The van der Waals surface area contributed by atoms with Gasteiger partial charge in [0.15, 0.2) is 0 Å². The minimum absolute atomic E-state index is 0.224. The summed E-state index contributed by atoms with van der Waals surface area (Å²) >= 11 is 0. The molecule has 0 spiro atoms. The van der Waals surface area contributed by atoms with Crippen molar-refractivity contribution < 1.29 is 5.11 Å². The molecule has 1 atom stereocenters. The van der Waals surface area contributed by atoms with Crippen molar-refractivity contribution in [3.8, 4) is 0 Å². The average Bonchev–Trinajstić information content (AvgIpc) is 2.64. The highest BCUT2D eigenvalue weighted by molar-refractivity contribution is 5.45. The standard InChI is InChI=1S/C10H16N4O/c1-7-5-9(13-10(11-2)12-7)14-4-3-8(15)6-14/h5,8,15H,3-4,6H2,1-2H3,(H,11,12,13). The van der Waals surface area contributed by atoms with Crippen LogP contribution in [0.1, 0.15) is 12.1 Å². The lowest BCUT2D eigenvalue weighted by molar-refractivity contribution is 0.198. The highest BCUT2D eigenvalue weighted by Crippen LogP contribution is 2.19. The van der Waals surface area contributed by atoms with E-state index in [0.29, 0.717) is 12.5 Å². The molecule has 0 aliphatic carbocycles. The normalized spacial score (nSPS) is 20.7. The second-order valence-electron chi connectivity index (χ2n) is 3.83. The molecule has 15 heavy (non-hydrogen) atoms. The largest absolute Gasteiger partial charge is 0.391 e. The fourth-order valence-electron chi connectivity index (χ4n) is 1.78. The van der Waals surface area contributed by atoms with Crippen LogP contribution in [0.2, 0.25) is 0 Å². The molecule has 0 bridgehead atoms. The van der Waals surface area contributed by atoms with E-state index in [-0.39, 0.29) is 6.10 Å². The Labute approximate surface area is 89.2 Å². The summed E-state index contributed by atoms with van der Waals surface area (Å²) in [6.45, 7) is 3.47. The van der Waals surface area contributed by atoms with Crippen LogP contribution in [0.5, 0.6) is 0 Å². The molecule has 0 amide bonds. The average molecular weight is 208 g/mol. The molecule has 1 unspecified atom stereocenters. The van der Waals surface area contributed by atoms with Gasteiger partial charge < -0.3 is 15.3 Å². The minimum atomic E-state index is -0.224. The molecule has 2 heterocycles. The van der Waals surface area contributed by atoms with E-state index in [1.54, 1.807) is 7.05 Å². The predicted octanol–water partition coefficient (Wildman–Crippen LogP) is 0.398. The third-order valence-corrected chi connectivity index (χ3v) is 2.55. The zero-order valence-electron chi connectivity index (χ0n) is 9.06. The first-order valence-electron chi connectivity index (χ1n) is 5.15. The van der Waals surface area contributed by atoms with Gasteiger partial charge in [-0.2, -0.15) is 4.98 Å². The van der Waals surface area contributed by atoms with E-state index in [9.17, 15) is 5.11 Å². The van der Waals surface area contributed by atoms with Crippen molar-refractivity contribution in [1.29, 1.82) is 0 Å². The van der Waals surface area contributed by atoms with E-state index < -0.39 is 0 Å². The highest BCUT2D eigenvalue weighted by Gasteiger charge is 2.21. The number of hydrogen-bond acceptors (Lipinski definition) is 5. The summed E-state index contributed by atoms with van der Waals surface area (Å²) in [5.74, 6) is 1.52. The van der Waals surface area contributed by atoms with Crippen molar-refractivity contribution in [2.45, 2.75) is 19.4 Å². The number of rotatable bonds is 2. The molecule has 0 aromatic carbocycles. The zero-order chi connectivity index (χ0) is 10.8. The van der Waals surface area contributed by atoms with E-state index in [1.165, 1.54) is 0 Å². The minimum Gasteiger partial charge on any atom is -0.391 e. The lowest BCUT2D eigenvalue weighted by Crippen LogP contribution is -2.22. The Morgan fingerprint density at radius 3 is 2.93 bits per heavy atom. The smallest absolute Gasteiger partial charge is 0.224 e. The van der Waals surface area contributed by atoms with Crippen molar-refractivity contribution in [2.75, 3.05) is 30.4 Å². The Morgan fingerprint density at radius 1 is 1.53 bits per heavy atom. The molecular weight excluding hydrogens is 192 g/mol. The van der Waals surface area contributed by atoms with Gasteiger partial charge in [0.25, 0.3) is 0 Å². The molecular formula is C10H16N4O. The molecule has 5 heteroatoms. The van der Waals surface area contributed by atoms with Crippen LogP contribution < -0.4 is 10.2 Å². The number of aromatic nitrogens is 2. The van der Waals surface area contributed by atoms with Crippen LogP contribution in [-0.2, 0) is 0 Å². The van der Waals surface area contributed by atoms with Gasteiger partial charge in [0, 0.05) is 31.9 Å². The second kappa shape index (κ2) is 4.02. The number of aryl methyl sites for hydroxylation is 1. The first kappa shape index (κ1) is 10.2. The number of anilines is 2. The lowest BCUT2D eigenvalue weighted by atomic mass is 10.3. The summed E-state index contributed by atoms with van der Waals surface area (Å²) in [6, 6.07) is 1.94. The Hall–Kier alpha value is -1.36. The van der Waals surface area contributed by atoms with Crippen molar-refractivity contribution in [3.63, 3.8) is 0 Å². The Morgan fingerprint density at radius 2 is 2.33 bits per heavy atom. The molecule has 1 aromatic heterocycles. The monoisotopic (exact) mass is 208 g/mol. The van der Waals surface area contributed by atoms with Gasteiger partial charge in [-0.05, 0) is 13.3 Å². The summed E-state index contributed by atoms with van der Waals surface area (Å²) in [5.41, 5.74) is 0.936. The van der Waals surface area contributed by atoms with Crippen molar-refractivity contribution >= 4 is 11.8 Å². The third kappa shape index (κ3) is 2.18. The van der Waals surface area contributed by atoms with E-state index in [2.05, 4.69) is 20.2 Å². The number of β-amino-alcohol motifs (C(OH)–C–C–N with tert-alkyl or cyclic N) is 1. The van der Waals surface area contributed by atoms with Gasteiger partial charge in [-0.3, -0.25) is 0 Å². The molecule has 5 nitrogen and oxygen atoms in total. The van der Waals surface area contributed by atoms with Gasteiger partial charge >= 0.3 is 0 Å². The van der Waals surface area contributed by atoms with E-state index in [1.807, 2.05) is 13.0 Å². The first-order chi connectivity index (χ1) is 7.19. The van der Waals surface area contributed by atoms with Crippen molar-refractivity contribution in [2.24, 2.45) is 0 Å². The van der Waals surface area contributed by atoms with E-state index in [4.69, 9.17) is 0 Å². The van der Waals surface area contributed by atoms with Crippen LogP contribution in [0.4, 0.5) is 11.8 Å². The van der Waals surface area contributed by atoms with Crippen LogP contribution in [0.15, 0.2) is 6.07 Å². The molecule has 1 aliphatic rings. The fraction of sp³-hybridized carbons (Fsp3) is 0.600. The molecule has 0 radical (unpaired) electrons. The van der Waals surface area contributed by atoms with E-state index >= 15 is 0 Å². The number of aliphatic hydroxyl groups excluding tert-OH is 1. The molecule has 1 aliphatic heterocycles. The maximum absolute atomic E-state index is 9.46. The van der Waals surface area contributed by atoms with Gasteiger partial charge in [0.2, 0.25) is 5.95 Å². The van der Waals surface area contributed by atoms with Crippen LogP contribution in [0.3, 0.4) is 0 Å². The Kier molecular flexibility index (Phi) is 2.73. The van der Waals surface area contributed by atoms with Gasteiger partial charge in [0.1, 0.15) is 5.82 Å². The SMILES string of the molecule is CNc1nc(C)cc(N2CCC(O)C2)n1. The van der Waals surface area contributed by atoms with E-state index in [0.717, 1.165) is 24.5 Å². The topological polar surface area (TPSA) is 61.3 Å². The molecule has 82 valence electrons. The summed E-state index contributed by atoms with van der Waals surface area (Å²) in [4.78, 5) is 10.7.